The van der Waals surface area contributed by atoms with E-state index in [1.807, 2.05) is 0 Å². The average molecular weight is 831 g/mol. The number of furan rings is 1. The van der Waals surface area contributed by atoms with Crippen LogP contribution in [0, 0.1) is 0 Å². The van der Waals surface area contributed by atoms with Gasteiger partial charge in [-0.2, -0.15) is 0 Å². The van der Waals surface area contributed by atoms with Gasteiger partial charge in [0.15, 0.2) is 5.58 Å². The van der Waals surface area contributed by atoms with E-state index in [0.717, 1.165) is 78.1 Å². The van der Waals surface area contributed by atoms with Crippen molar-refractivity contribution in [2.24, 2.45) is 0 Å². The second kappa shape index (κ2) is 16.2. The molecule has 12 aromatic rings. The third-order valence-electron chi connectivity index (χ3n) is 12.6. The fraction of sp³-hybridized carbons (Fsp3) is 0. The molecule has 65 heavy (non-hydrogen) atoms. The smallest absolute Gasteiger partial charge is 0.159 e. The summed E-state index contributed by atoms with van der Waals surface area (Å²) in [5, 5.41) is 6.85. The standard InChI is InChI=1S/C62H42N2O/c1-5-17-43(18-6-1)45-31-33-53(34-32-45)64(52-27-11-4-12-28-52)60-42-55(41-59-58-38-48-23-15-16-24-49(48)39-61(58)65-62(59)60)63(51-25-9-3-10-26-51)54-35-36-56(46-20-7-2-8-21-46)57(40-54)50-30-29-44-19-13-14-22-47(44)37-50/h1-42H. The van der Waals surface area contributed by atoms with Crippen LogP contribution in [0.2, 0.25) is 0 Å². The van der Waals surface area contributed by atoms with Crippen LogP contribution in [0.15, 0.2) is 259 Å². The maximum Gasteiger partial charge on any atom is 0.159 e. The van der Waals surface area contributed by atoms with Crippen molar-refractivity contribution in [3.05, 3.63) is 255 Å². The minimum atomic E-state index is 0.819. The first-order valence-electron chi connectivity index (χ1n) is 22.2. The molecule has 0 unspecified atom stereocenters. The van der Waals surface area contributed by atoms with Crippen LogP contribution in [0.3, 0.4) is 0 Å². The van der Waals surface area contributed by atoms with Gasteiger partial charge in [0, 0.05) is 39.2 Å². The van der Waals surface area contributed by atoms with E-state index in [1.54, 1.807) is 0 Å². The molecule has 3 nitrogen and oxygen atoms in total. The maximum absolute atomic E-state index is 7.07. The number of fused-ring (bicyclic) bond motifs is 5. The lowest BCUT2D eigenvalue weighted by molar-refractivity contribution is 0.669. The van der Waals surface area contributed by atoms with Gasteiger partial charge in [0.05, 0.1) is 5.69 Å². The monoisotopic (exact) mass is 830 g/mol. The second-order valence-electron chi connectivity index (χ2n) is 16.6. The summed E-state index contributed by atoms with van der Waals surface area (Å²) in [7, 11) is 0. The molecule has 3 heteroatoms. The summed E-state index contributed by atoms with van der Waals surface area (Å²) in [6.07, 6.45) is 0. The minimum absolute atomic E-state index is 0.819. The molecule has 12 rings (SSSR count). The van der Waals surface area contributed by atoms with Crippen molar-refractivity contribution in [1.82, 2.24) is 0 Å². The molecule has 0 spiro atoms. The van der Waals surface area contributed by atoms with Gasteiger partial charge in [0.25, 0.3) is 0 Å². The topological polar surface area (TPSA) is 19.6 Å². The van der Waals surface area contributed by atoms with Crippen LogP contribution in [-0.4, -0.2) is 0 Å². The Morgan fingerprint density at radius 3 is 1.45 bits per heavy atom. The number of nitrogens with zero attached hydrogens (tertiary/aromatic N) is 2. The second-order valence-corrected chi connectivity index (χ2v) is 16.6. The van der Waals surface area contributed by atoms with E-state index in [2.05, 4.69) is 265 Å². The highest BCUT2D eigenvalue weighted by Crippen LogP contribution is 2.49. The molecule has 0 saturated heterocycles. The first-order chi connectivity index (χ1) is 32.2. The van der Waals surface area contributed by atoms with E-state index in [0.29, 0.717) is 0 Å². The van der Waals surface area contributed by atoms with E-state index in [9.17, 15) is 0 Å². The van der Waals surface area contributed by atoms with Crippen LogP contribution in [-0.2, 0) is 0 Å². The zero-order valence-corrected chi connectivity index (χ0v) is 35.6. The predicted molar refractivity (Wildman–Crippen MR) is 274 cm³/mol. The fourth-order valence-electron chi connectivity index (χ4n) is 9.42. The Morgan fingerprint density at radius 2 is 0.769 bits per heavy atom. The van der Waals surface area contributed by atoms with Crippen LogP contribution in [0.1, 0.15) is 0 Å². The zero-order chi connectivity index (χ0) is 43.1. The Balaban J connectivity index is 1.13. The third kappa shape index (κ3) is 7.06. The Bertz CT molecular complexity index is 3640. The van der Waals surface area contributed by atoms with Gasteiger partial charge in [-0.3, -0.25) is 0 Å². The van der Waals surface area contributed by atoms with Crippen molar-refractivity contribution in [1.29, 1.82) is 0 Å². The van der Waals surface area contributed by atoms with Gasteiger partial charge in [-0.15, -0.1) is 0 Å². The van der Waals surface area contributed by atoms with E-state index >= 15 is 0 Å². The molecule has 0 aliphatic carbocycles. The molecule has 0 atom stereocenters. The summed E-state index contributed by atoms with van der Waals surface area (Å²) < 4.78 is 7.07. The van der Waals surface area contributed by atoms with Crippen molar-refractivity contribution in [3.63, 3.8) is 0 Å². The summed E-state index contributed by atoms with van der Waals surface area (Å²) in [6, 6.07) is 91.4. The van der Waals surface area contributed by atoms with Crippen molar-refractivity contribution in [2.45, 2.75) is 0 Å². The zero-order valence-electron chi connectivity index (χ0n) is 35.6. The Kier molecular flexibility index (Phi) is 9.50. The quantitative estimate of drug-likeness (QED) is 0.144. The summed E-state index contributed by atoms with van der Waals surface area (Å²) in [4.78, 5) is 4.73. The highest BCUT2D eigenvalue weighted by Gasteiger charge is 2.25. The van der Waals surface area contributed by atoms with Gasteiger partial charge < -0.3 is 14.2 Å². The Morgan fingerprint density at radius 1 is 0.262 bits per heavy atom. The lowest BCUT2D eigenvalue weighted by Gasteiger charge is -2.30. The highest BCUT2D eigenvalue weighted by molar-refractivity contribution is 6.15. The largest absolute Gasteiger partial charge is 0.454 e. The molecular weight excluding hydrogens is 789 g/mol. The maximum atomic E-state index is 7.07. The van der Waals surface area contributed by atoms with Crippen molar-refractivity contribution in [2.75, 3.05) is 9.80 Å². The molecule has 11 aromatic carbocycles. The van der Waals surface area contributed by atoms with E-state index < -0.39 is 0 Å². The third-order valence-corrected chi connectivity index (χ3v) is 12.6. The molecule has 0 N–H and O–H groups in total. The van der Waals surface area contributed by atoms with Gasteiger partial charge in [-0.05, 0) is 134 Å². The van der Waals surface area contributed by atoms with E-state index in [1.165, 1.54) is 32.8 Å². The van der Waals surface area contributed by atoms with Gasteiger partial charge in [-0.1, -0.05) is 176 Å². The van der Waals surface area contributed by atoms with Crippen LogP contribution in [0.4, 0.5) is 34.1 Å². The minimum Gasteiger partial charge on any atom is -0.454 e. The summed E-state index contributed by atoms with van der Waals surface area (Å²) in [6.45, 7) is 0. The molecular formula is C62H42N2O. The number of para-hydroxylation sites is 2. The van der Waals surface area contributed by atoms with E-state index in [-0.39, 0.29) is 0 Å². The number of rotatable bonds is 9. The summed E-state index contributed by atoms with van der Waals surface area (Å²) in [5.74, 6) is 0. The van der Waals surface area contributed by atoms with Gasteiger partial charge in [0.2, 0.25) is 0 Å². The molecule has 0 aliphatic heterocycles. The van der Waals surface area contributed by atoms with Crippen LogP contribution < -0.4 is 9.80 Å². The van der Waals surface area contributed by atoms with E-state index in [4.69, 9.17) is 4.42 Å². The molecule has 0 fully saturated rings. The van der Waals surface area contributed by atoms with Crippen LogP contribution in [0.5, 0.6) is 0 Å². The van der Waals surface area contributed by atoms with Gasteiger partial charge >= 0.3 is 0 Å². The molecule has 0 amide bonds. The average Bonchev–Trinajstić information content (AvgIpc) is 3.74. The highest BCUT2D eigenvalue weighted by atomic mass is 16.3. The van der Waals surface area contributed by atoms with Gasteiger partial charge in [0.1, 0.15) is 5.58 Å². The molecule has 0 aliphatic rings. The lowest BCUT2D eigenvalue weighted by Crippen LogP contribution is -2.13. The summed E-state index contributed by atoms with van der Waals surface area (Å²) in [5.41, 5.74) is 14.8. The fourth-order valence-corrected chi connectivity index (χ4v) is 9.42. The van der Waals surface area contributed by atoms with Crippen molar-refractivity contribution < 1.29 is 4.42 Å². The predicted octanol–water partition coefficient (Wildman–Crippen LogP) is 17.8. The molecule has 0 saturated carbocycles. The van der Waals surface area contributed by atoms with Crippen LogP contribution >= 0.6 is 0 Å². The summed E-state index contributed by atoms with van der Waals surface area (Å²) >= 11 is 0. The number of anilines is 6. The first kappa shape index (κ1) is 38.0. The molecule has 1 heterocycles. The molecule has 0 bridgehead atoms. The molecule has 0 radical (unpaired) electrons. The normalized spacial score (nSPS) is 11.4. The van der Waals surface area contributed by atoms with Crippen LogP contribution in [0.25, 0.3) is 76.9 Å². The van der Waals surface area contributed by atoms with Gasteiger partial charge in [-0.25, -0.2) is 0 Å². The lowest BCUT2D eigenvalue weighted by atomic mass is 9.92. The van der Waals surface area contributed by atoms with Crippen molar-refractivity contribution >= 4 is 77.6 Å². The first-order valence-corrected chi connectivity index (χ1v) is 22.2. The number of benzene rings is 11. The molecule has 1 aromatic heterocycles. The number of hydrogen-bond donors (Lipinski definition) is 0. The Hall–Kier alpha value is -8.66. The Labute approximate surface area is 378 Å². The van der Waals surface area contributed by atoms with Crippen molar-refractivity contribution in [3.8, 4) is 33.4 Å². The number of hydrogen-bond acceptors (Lipinski definition) is 3. The molecule has 306 valence electrons. The SMILES string of the molecule is c1ccc(-c2ccc(N(c3ccccc3)c3cc(N(c4ccccc4)c4ccc(-c5ccccc5)c(-c5ccc6ccccc6c5)c4)cc4c3oc3cc5ccccc5cc34)cc2)cc1.